The van der Waals surface area contributed by atoms with Crippen molar-refractivity contribution in [1.29, 1.82) is 0 Å². The summed E-state index contributed by atoms with van der Waals surface area (Å²) in [7, 11) is 1.95. The first kappa shape index (κ1) is 12.9. The minimum absolute atomic E-state index is 0.415. The van der Waals surface area contributed by atoms with Crippen LogP contribution in [-0.2, 0) is 11.8 Å². The first-order chi connectivity index (χ1) is 8.25. The number of nitrogens with one attached hydrogen (secondary N) is 1. The summed E-state index contributed by atoms with van der Waals surface area (Å²) in [5, 5.41) is 7.68. The second-order valence-electron chi connectivity index (χ2n) is 4.49. The van der Waals surface area contributed by atoms with Crippen molar-refractivity contribution >= 4 is 11.8 Å². The zero-order valence-electron chi connectivity index (χ0n) is 10.6. The average Bonchev–Trinajstić information content (AvgIpc) is 2.95. The fraction of sp³-hybridized carbons (Fsp3) is 0.750. The molecule has 17 heavy (non-hydrogen) atoms. The van der Waals surface area contributed by atoms with Crippen LogP contribution in [0.15, 0.2) is 17.3 Å². The van der Waals surface area contributed by atoms with Crippen molar-refractivity contribution in [1.82, 2.24) is 15.1 Å². The Labute approximate surface area is 107 Å². The van der Waals surface area contributed by atoms with E-state index in [2.05, 4.69) is 17.3 Å². The highest BCUT2D eigenvalue weighted by molar-refractivity contribution is 7.99. The van der Waals surface area contributed by atoms with Crippen molar-refractivity contribution in [3.63, 3.8) is 0 Å². The third-order valence-corrected chi connectivity index (χ3v) is 3.99. The normalized spacial score (nSPS) is 21.9. The van der Waals surface area contributed by atoms with Gasteiger partial charge in [0.25, 0.3) is 0 Å². The maximum Gasteiger partial charge on any atom is 0.0726 e. The largest absolute Gasteiger partial charge is 0.377 e. The molecule has 1 aliphatic rings. The van der Waals surface area contributed by atoms with Gasteiger partial charge < -0.3 is 10.1 Å². The van der Waals surface area contributed by atoms with E-state index < -0.39 is 0 Å². The molecule has 1 aromatic rings. The Bertz CT molecular complexity index is 336. The molecule has 2 rings (SSSR count). The van der Waals surface area contributed by atoms with Crippen LogP contribution in [0.2, 0.25) is 0 Å². The van der Waals surface area contributed by atoms with E-state index in [4.69, 9.17) is 4.74 Å². The van der Waals surface area contributed by atoms with Crippen molar-refractivity contribution in [3.8, 4) is 0 Å². The highest BCUT2D eigenvalue weighted by Crippen LogP contribution is 2.17. The second kappa shape index (κ2) is 6.42. The zero-order chi connectivity index (χ0) is 12.1. The van der Waals surface area contributed by atoms with Gasteiger partial charge in [0, 0.05) is 43.1 Å². The van der Waals surface area contributed by atoms with Gasteiger partial charge in [-0.2, -0.15) is 5.10 Å². The molecule has 0 amide bonds. The van der Waals surface area contributed by atoms with Crippen LogP contribution in [-0.4, -0.2) is 40.8 Å². The molecule has 4 nitrogen and oxygen atoms in total. The van der Waals surface area contributed by atoms with Gasteiger partial charge >= 0.3 is 0 Å². The monoisotopic (exact) mass is 255 g/mol. The van der Waals surface area contributed by atoms with E-state index in [-0.39, 0.29) is 0 Å². The Balaban J connectivity index is 1.59. The van der Waals surface area contributed by atoms with Crippen LogP contribution in [0.3, 0.4) is 0 Å². The number of rotatable bonds is 6. The Hall–Kier alpha value is -0.520. The van der Waals surface area contributed by atoms with Crippen LogP contribution in [0.1, 0.15) is 19.8 Å². The van der Waals surface area contributed by atoms with Crippen molar-refractivity contribution in [3.05, 3.63) is 12.4 Å². The average molecular weight is 255 g/mol. The molecule has 0 bridgehead atoms. The maximum atomic E-state index is 5.65. The SMILES string of the molecule is CC(NCCSc1cnn(C)c1)C1CCCO1. The summed E-state index contributed by atoms with van der Waals surface area (Å²) in [6.45, 7) is 4.16. The lowest BCUT2D eigenvalue weighted by Gasteiger charge is -2.19. The van der Waals surface area contributed by atoms with Gasteiger partial charge in [-0.1, -0.05) is 0 Å². The van der Waals surface area contributed by atoms with E-state index in [9.17, 15) is 0 Å². The first-order valence-electron chi connectivity index (χ1n) is 6.22. The van der Waals surface area contributed by atoms with Crippen LogP contribution >= 0.6 is 11.8 Å². The van der Waals surface area contributed by atoms with Crippen LogP contribution in [0, 0.1) is 0 Å². The molecular weight excluding hydrogens is 234 g/mol. The number of hydrogen-bond acceptors (Lipinski definition) is 4. The molecule has 0 aliphatic carbocycles. The smallest absolute Gasteiger partial charge is 0.0726 e. The van der Waals surface area contributed by atoms with Gasteiger partial charge in [-0.15, -0.1) is 11.8 Å². The number of thioether (sulfide) groups is 1. The third kappa shape index (κ3) is 4.01. The molecule has 2 atom stereocenters. The summed E-state index contributed by atoms with van der Waals surface area (Å²) in [5.74, 6) is 1.07. The Morgan fingerprint density at radius 1 is 1.71 bits per heavy atom. The van der Waals surface area contributed by atoms with Gasteiger partial charge in [0.05, 0.1) is 12.3 Å². The lowest BCUT2D eigenvalue weighted by molar-refractivity contribution is 0.0844. The standard InChI is InChI=1S/C12H21N3OS/c1-10(12-4-3-6-16-12)13-5-7-17-11-8-14-15(2)9-11/h8-10,12-13H,3-7H2,1-2H3. The van der Waals surface area contributed by atoms with Gasteiger partial charge in [0.1, 0.15) is 0 Å². The van der Waals surface area contributed by atoms with E-state index in [0.717, 1.165) is 18.9 Å². The summed E-state index contributed by atoms with van der Waals surface area (Å²) in [4.78, 5) is 1.24. The summed E-state index contributed by atoms with van der Waals surface area (Å²) in [6, 6.07) is 0.465. The predicted octanol–water partition coefficient (Wildman–Crippen LogP) is 1.67. The molecule has 1 aromatic heterocycles. The van der Waals surface area contributed by atoms with E-state index in [1.165, 1.54) is 17.7 Å². The van der Waals surface area contributed by atoms with Gasteiger partial charge in [0.2, 0.25) is 0 Å². The first-order valence-corrected chi connectivity index (χ1v) is 7.20. The number of nitrogens with zero attached hydrogens (tertiary/aromatic N) is 2. The molecule has 5 heteroatoms. The van der Waals surface area contributed by atoms with Crippen LogP contribution in [0.5, 0.6) is 0 Å². The van der Waals surface area contributed by atoms with Gasteiger partial charge in [-0.05, 0) is 19.8 Å². The fourth-order valence-electron chi connectivity index (χ4n) is 2.06. The number of ether oxygens (including phenoxy) is 1. The third-order valence-electron chi connectivity index (χ3n) is 3.04. The lowest BCUT2D eigenvalue weighted by atomic mass is 10.1. The van der Waals surface area contributed by atoms with Gasteiger partial charge in [0.15, 0.2) is 0 Å². The lowest BCUT2D eigenvalue weighted by Crippen LogP contribution is -2.38. The molecule has 96 valence electrons. The zero-order valence-corrected chi connectivity index (χ0v) is 11.4. The Kier molecular flexibility index (Phi) is 4.88. The molecule has 0 radical (unpaired) electrons. The maximum absolute atomic E-state index is 5.65. The van der Waals surface area contributed by atoms with Gasteiger partial charge in [-0.3, -0.25) is 4.68 Å². The summed E-state index contributed by atoms with van der Waals surface area (Å²) in [5.41, 5.74) is 0. The van der Waals surface area contributed by atoms with Crippen LogP contribution < -0.4 is 5.32 Å². The van der Waals surface area contributed by atoms with E-state index in [1.807, 2.05) is 35.9 Å². The minimum atomic E-state index is 0.415. The summed E-state index contributed by atoms with van der Waals surface area (Å²) in [6.07, 6.45) is 6.78. The molecule has 1 aliphatic heterocycles. The van der Waals surface area contributed by atoms with E-state index in [0.29, 0.717) is 12.1 Å². The molecule has 2 unspecified atom stereocenters. The van der Waals surface area contributed by atoms with Crippen molar-refractivity contribution < 1.29 is 4.74 Å². The van der Waals surface area contributed by atoms with Crippen molar-refractivity contribution in [2.75, 3.05) is 18.9 Å². The van der Waals surface area contributed by atoms with Crippen LogP contribution in [0.4, 0.5) is 0 Å². The Morgan fingerprint density at radius 2 is 2.59 bits per heavy atom. The van der Waals surface area contributed by atoms with E-state index in [1.54, 1.807) is 0 Å². The molecule has 0 aromatic carbocycles. The van der Waals surface area contributed by atoms with Gasteiger partial charge in [-0.25, -0.2) is 0 Å². The number of aromatic nitrogens is 2. The fourth-order valence-corrected chi connectivity index (χ4v) is 2.86. The molecule has 1 saturated heterocycles. The highest BCUT2D eigenvalue weighted by Gasteiger charge is 2.21. The molecule has 1 fully saturated rings. The highest BCUT2D eigenvalue weighted by atomic mass is 32.2. The van der Waals surface area contributed by atoms with Crippen molar-refractivity contribution in [2.45, 2.75) is 36.8 Å². The predicted molar refractivity (Wildman–Crippen MR) is 70.4 cm³/mol. The molecule has 0 spiro atoms. The molecule has 2 heterocycles. The molecule has 1 N–H and O–H groups in total. The summed E-state index contributed by atoms with van der Waals surface area (Å²) >= 11 is 1.84. The number of aryl methyl sites for hydroxylation is 1. The topological polar surface area (TPSA) is 39.1 Å². The van der Waals surface area contributed by atoms with Crippen LogP contribution in [0.25, 0.3) is 0 Å². The Morgan fingerprint density at radius 3 is 3.24 bits per heavy atom. The number of hydrogen-bond donors (Lipinski definition) is 1. The minimum Gasteiger partial charge on any atom is -0.377 e. The summed E-state index contributed by atoms with van der Waals surface area (Å²) < 4.78 is 7.49. The van der Waals surface area contributed by atoms with Crippen molar-refractivity contribution in [2.24, 2.45) is 7.05 Å². The second-order valence-corrected chi connectivity index (χ2v) is 5.66. The quantitative estimate of drug-likeness (QED) is 0.620. The molecule has 0 saturated carbocycles. The molecular formula is C12H21N3OS. The van der Waals surface area contributed by atoms with E-state index >= 15 is 0 Å².